The van der Waals surface area contributed by atoms with Crippen molar-refractivity contribution in [1.29, 1.82) is 0 Å². The molecule has 0 amide bonds. The van der Waals surface area contributed by atoms with Gasteiger partial charge >= 0.3 is 0 Å². The van der Waals surface area contributed by atoms with E-state index >= 15 is 0 Å². The van der Waals surface area contributed by atoms with E-state index in [1.54, 1.807) is 36.4 Å². The van der Waals surface area contributed by atoms with E-state index in [0.29, 0.717) is 29.2 Å². The molecule has 2 aromatic rings. The van der Waals surface area contributed by atoms with E-state index in [4.69, 9.17) is 0 Å². The number of carbonyl (C=O) groups is 1. The van der Waals surface area contributed by atoms with E-state index in [9.17, 15) is 13.2 Å². The Balaban J connectivity index is 1.83. The zero-order valence-corrected chi connectivity index (χ0v) is 18.0. The lowest BCUT2D eigenvalue weighted by Crippen LogP contribution is -2.27. The zero-order valence-electron chi connectivity index (χ0n) is 17.1. The number of fused-ring (bicyclic) bond motifs is 1. The van der Waals surface area contributed by atoms with Crippen LogP contribution in [0.1, 0.15) is 66.6 Å². The molecule has 0 aromatic heterocycles. The number of benzene rings is 2. The lowest BCUT2D eigenvalue weighted by Gasteiger charge is -2.39. The van der Waals surface area contributed by atoms with Gasteiger partial charge in [0.05, 0.1) is 4.90 Å². The van der Waals surface area contributed by atoms with Gasteiger partial charge in [-0.15, -0.1) is 0 Å². The fourth-order valence-electron chi connectivity index (χ4n) is 4.11. The lowest BCUT2D eigenvalue weighted by atomic mass is 9.66. The second-order valence-electron chi connectivity index (χ2n) is 8.18. The molecule has 1 aliphatic carbocycles. The van der Waals surface area contributed by atoms with Crippen LogP contribution in [0.2, 0.25) is 0 Å². The molecule has 28 heavy (non-hydrogen) atoms. The van der Waals surface area contributed by atoms with Gasteiger partial charge < -0.3 is 0 Å². The Kier molecular flexibility index (Phi) is 5.62. The first kappa shape index (κ1) is 20.5. The lowest BCUT2D eigenvalue weighted by molar-refractivity contribution is 0.104. The van der Waals surface area contributed by atoms with Crippen LogP contribution in [0, 0.1) is 11.8 Å². The van der Waals surface area contributed by atoms with Gasteiger partial charge in [0.1, 0.15) is 0 Å². The molecule has 0 saturated carbocycles. The SMILES string of the molecule is CC1c2ccc(C(=O)C=Cc3ccc(S(C)(=O)=O)cc3)cc2C(C)C(C)C1C. The van der Waals surface area contributed by atoms with E-state index in [2.05, 4.69) is 39.8 Å². The molecule has 0 fully saturated rings. The molecule has 2 aromatic carbocycles. The Bertz CT molecular complexity index is 1020. The van der Waals surface area contributed by atoms with Crippen LogP contribution >= 0.6 is 0 Å². The first-order valence-electron chi connectivity index (χ1n) is 9.76. The minimum absolute atomic E-state index is 0.0406. The van der Waals surface area contributed by atoms with E-state index in [-0.39, 0.29) is 10.7 Å². The Morgan fingerprint density at radius 1 is 0.857 bits per heavy atom. The summed E-state index contributed by atoms with van der Waals surface area (Å²) in [6.45, 7) is 9.13. The largest absolute Gasteiger partial charge is 0.289 e. The second-order valence-corrected chi connectivity index (χ2v) is 10.2. The average Bonchev–Trinajstić information content (AvgIpc) is 2.68. The third-order valence-corrected chi connectivity index (χ3v) is 7.62. The zero-order chi connectivity index (χ0) is 20.6. The Morgan fingerprint density at radius 3 is 2.00 bits per heavy atom. The van der Waals surface area contributed by atoms with Gasteiger partial charge in [-0.25, -0.2) is 8.42 Å². The van der Waals surface area contributed by atoms with E-state index in [0.717, 1.165) is 5.56 Å². The second kappa shape index (κ2) is 7.67. The first-order chi connectivity index (χ1) is 13.1. The molecule has 3 rings (SSSR count). The van der Waals surface area contributed by atoms with E-state index in [1.165, 1.54) is 17.4 Å². The van der Waals surface area contributed by atoms with Crippen LogP contribution in [0.4, 0.5) is 0 Å². The quantitative estimate of drug-likeness (QED) is 0.508. The van der Waals surface area contributed by atoms with Crippen LogP contribution < -0.4 is 0 Å². The third-order valence-electron chi connectivity index (χ3n) is 6.49. The average molecular weight is 397 g/mol. The summed E-state index contributed by atoms with van der Waals surface area (Å²) >= 11 is 0. The first-order valence-corrected chi connectivity index (χ1v) is 11.6. The van der Waals surface area contributed by atoms with Crippen LogP contribution in [0.3, 0.4) is 0 Å². The summed E-state index contributed by atoms with van der Waals surface area (Å²) in [5, 5.41) is 0. The van der Waals surface area contributed by atoms with Crippen molar-refractivity contribution in [3.8, 4) is 0 Å². The fraction of sp³-hybridized carbons (Fsp3) is 0.375. The monoisotopic (exact) mass is 396 g/mol. The molecule has 0 saturated heterocycles. The molecule has 4 atom stereocenters. The van der Waals surface area contributed by atoms with Gasteiger partial charge in [0.2, 0.25) is 0 Å². The molecular formula is C24H28O3S. The highest BCUT2D eigenvalue weighted by atomic mass is 32.2. The number of ketones is 1. The van der Waals surface area contributed by atoms with Crippen LogP contribution in [0.5, 0.6) is 0 Å². The predicted octanol–water partition coefficient (Wildman–Crippen LogP) is 5.48. The molecule has 1 aliphatic rings. The van der Waals surface area contributed by atoms with Gasteiger partial charge in [-0.3, -0.25) is 4.79 Å². The summed E-state index contributed by atoms with van der Waals surface area (Å²) in [5.74, 6) is 2.09. The highest BCUT2D eigenvalue weighted by Gasteiger charge is 2.33. The van der Waals surface area contributed by atoms with Crippen molar-refractivity contribution in [2.24, 2.45) is 11.8 Å². The Labute approximate surface area is 168 Å². The molecule has 0 radical (unpaired) electrons. The van der Waals surface area contributed by atoms with E-state index in [1.807, 2.05) is 6.07 Å². The van der Waals surface area contributed by atoms with Gasteiger partial charge in [0, 0.05) is 11.8 Å². The number of allylic oxidation sites excluding steroid dienone is 1. The summed E-state index contributed by atoms with van der Waals surface area (Å²) in [6, 6.07) is 12.6. The van der Waals surface area contributed by atoms with Gasteiger partial charge in [0.15, 0.2) is 15.6 Å². The maximum absolute atomic E-state index is 12.7. The van der Waals surface area contributed by atoms with Gasteiger partial charge in [-0.2, -0.15) is 0 Å². The number of rotatable bonds is 4. The molecular weight excluding hydrogens is 368 g/mol. The van der Waals surface area contributed by atoms with Crippen molar-refractivity contribution in [3.05, 3.63) is 70.8 Å². The minimum atomic E-state index is -3.21. The van der Waals surface area contributed by atoms with Gasteiger partial charge in [-0.05, 0) is 64.6 Å². The number of hydrogen-bond donors (Lipinski definition) is 0. The van der Waals surface area contributed by atoms with Gasteiger partial charge in [0.25, 0.3) is 0 Å². The van der Waals surface area contributed by atoms with Crippen molar-refractivity contribution >= 4 is 21.7 Å². The molecule has 0 spiro atoms. The Hall–Kier alpha value is -2.20. The predicted molar refractivity (Wildman–Crippen MR) is 115 cm³/mol. The van der Waals surface area contributed by atoms with Crippen LogP contribution in [0.25, 0.3) is 6.08 Å². The molecule has 3 nitrogen and oxygen atoms in total. The number of hydrogen-bond acceptors (Lipinski definition) is 3. The van der Waals surface area contributed by atoms with Crippen molar-refractivity contribution in [3.63, 3.8) is 0 Å². The van der Waals surface area contributed by atoms with Crippen LogP contribution in [-0.4, -0.2) is 20.5 Å². The molecule has 0 heterocycles. The highest BCUT2D eigenvalue weighted by Crippen LogP contribution is 2.45. The highest BCUT2D eigenvalue weighted by molar-refractivity contribution is 7.90. The molecule has 148 valence electrons. The number of carbonyl (C=O) groups excluding carboxylic acids is 1. The summed E-state index contributed by atoms with van der Waals surface area (Å²) in [7, 11) is -3.21. The molecule has 0 bridgehead atoms. The summed E-state index contributed by atoms with van der Waals surface area (Å²) in [6.07, 6.45) is 4.46. The topological polar surface area (TPSA) is 51.2 Å². The standard InChI is InChI=1S/C24H28O3S/c1-15-16(2)18(4)23-14-20(9-12-22(23)17(15)3)24(25)13-8-19-6-10-21(11-7-19)28(5,26)27/h6-18H,1-5H3. The minimum Gasteiger partial charge on any atom is -0.289 e. The Morgan fingerprint density at radius 2 is 1.43 bits per heavy atom. The molecule has 4 unspecified atom stereocenters. The van der Waals surface area contributed by atoms with Crippen molar-refractivity contribution in [2.75, 3.05) is 6.26 Å². The van der Waals surface area contributed by atoms with Crippen LogP contribution in [-0.2, 0) is 9.84 Å². The normalized spacial score (nSPS) is 24.9. The molecule has 0 N–H and O–H groups in total. The summed E-state index contributed by atoms with van der Waals surface area (Å²) < 4.78 is 23.1. The number of sulfone groups is 1. The third kappa shape index (κ3) is 3.97. The van der Waals surface area contributed by atoms with Crippen molar-refractivity contribution in [1.82, 2.24) is 0 Å². The maximum Gasteiger partial charge on any atom is 0.185 e. The van der Waals surface area contributed by atoms with E-state index < -0.39 is 9.84 Å². The maximum atomic E-state index is 12.7. The molecule has 0 aliphatic heterocycles. The summed E-state index contributed by atoms with van der Waals surface area (Å²) in [5.41, 5.74) is 4.14. The molecule has 4 heteroatoms. The fourth-order valence-corrected chi connectivity index (χ4v) is 4.74. The van der Waals surface area contributed by atoms with Gasteiger partial charge in [-0.1, -0.05) is 58.0 Å². The van der Waals surface area contributed by atoms with Crippen LogP contribution in [0.15, 0.2) is 53.4 Å². The summed E-state index contributed by atoms with van der Waals surface area (Å²) in [4.78, 5) is 13.0. The smallest absolute Gasteiger partial charge is 0.185 e. The van der Waals surface area contributed by atoms with Crippen molar-refractivity contribution < 1.29 is 13.2 Å². The van der Waals surface area contributed by atoms with Crippen molar-refractivity contribution in [2.45, 2.75) is 44.4 Å².